The largest absolute Gasteiger partial charge is 0.314 e. The average molecular weight is 234 g/mol. The minimum Gasteiger partial charge on any atom is -0.314 e. The maximum absolute atomic E-state index is 11.1. The van der Waals surface area contributed by atoms with Gasteiger partial charge in [-0.2, -0.15) is 0 Å². The van der Waals surface area contributed by atoms with Gasteiger partial charge in [0.1, 0.15) is 0 Å². The summed E-state index contributed by atoms with van der Waals surface area (Å²) in [7, 11) is -3.06. The Morgan fingerprint density at radius 2 is 2.00 bits per heavy atom. The van der Waals surface area contributed by atoms with Crippen LogP contribution < -0.4 is 10.0 Å². The maximum Gasteiger partial charge on any atom is 0.208 e. The van der Waals surface area contributed by atoms with Crippen LogP contribution in [0.25, 0.3) is 0 Å². The van der Waals surface area contributed by atoms with E-state index < -0.39 is 10.0 Å². The van der Waals surface area contributed by atoms with Crippen molar-refractivity contribution in [2.75, 3.05) is 12.8 Å². The third kappa shape index (κ3) is 4.95. The van der Waals surface area contributed by atoms with Crippen molar-refractivity contribution in [1.82, 2.24) is 10.0 Å². The molecule has 1 aliphatic rings. The number of nitrogens with one attached hydrogen (secondary N) is 2. The molecule has 5 heteroatoms. The molecule has 90 valence electrons. The molecule has 0 bridgehead atoms. The van der Waals surface area contributed by atoms with E-state index in [0.29, 0.717) is 12.0 Å². The summed E-state index contributed by atoms with van der Waals surface area (Å²) in [6, 6.07) is 0.593. The highest BCUT2D eigenvalue weighted by molar-refractivity contribution is 7.88. The van der Waals surface area contributed by atoms with E-state index in [2.05, 4.69) is 23.9 Å². The molecule has 0 radical (unpaired) electrons. The van der Waals surface area contributed by atoms with Crippen molar-refractivity contribution >= 4 is 10.0 Å². The summed E-state index contributed by atoms with van der Waals surface area (Å²) in [6.07, 6.45) is 4.44. The Balaban J connectivity index is 2.43. The zero-order valence-electron chi connectivity index (χ0n) is 9.79. The van der Waals surface area contributed by atoms with E-state index in [4.69, 9.17) is 0 Å². The van der Waals surface area contributed by atoms with Crippen LogP contribution in [0.4, 0.5) is 0 Å². The van der Waals surface area contributed by atoms with Gasteiger partial charge in [-0.15, -0.1) is 0 Å². The highest BCUT2D eigenvalue weighted by Gasteiger charge is 2.28. The number of sulfonamides is 1. The fourth-order valence-electron chi connectivity index (χ4n) is 2.10. The highest BCUT2D eigenvalue weighted by atomic mass is 32.2. The standard InChI is InChI=1S/C10H22N2O2S/c1-8(2)11-7-9-5-4-6-10(9)12-15(3,13)14/h8-12H,4-7H2,1-3H3. The summed E-state index contributed by atoms with van der Waals surface area (Å²) in [4.78, 5) is 0. The van der Waals surface area contributed by atoms with Gasteiger partial charge in [-0.25, -0.2) is 13.1 Å². The zero-order chi connectivity index (χ0) is 11.5. The Kier molecular flexibility index (Phi) is 4.55. The van der Waals surface area contributed by atoms with Crippen LogP contribution >= 0.6 is 0 Å². The summed E-state index contributed by atoms with van der Waals surface area (Å²) in [5.74, 6) is 0.446. The molecule has 2 N–H and O–H groups in total. The molecule has 0 spiro atoms. The molecule has 1 saturated carbocycles. The van der Waals surface area contributed by atoms with Crippen molar-refractivity contribution in [3.8, 4) is 0 Å². The van der Waals surface area contributed by atoms with E-state index in [1.54, 1.807) is 0 Å². The number of hydrogen-bond acceptors (Lipinski definition) is 3. The second-order valence-corrected chi connectivity index (χ2v) is 6.53. The first-order valence-corrected chi connectivity index (χ1v) is 7.48. The van der Waals surface area contributed by atoms with Gasteiger partial charge in [-0.3, -0.25) is 0 Å². The lowest BCUT2D eigenvalue weighted by atomic mass is 10.0. The smallest absolute Gasteiger partial charge is 0.208 e. The summed E-state index contributed by atoms with van der Waals surface area (Å²) >= 11 is 0. The average Bonchev–Trinajstić information content (AvgIpc) is 2.45. The minimum atomic E-state index is -3.06. The second kappa shape index (κ2) is 5.27. The molecular formula is C10H22N2O2S. The van der Waals surface area contributed by atoms with E-state index in [1.807, 2.05) is 0 Å². The van der Waals surface area contributed by atoms with E-state index in [0.717, 1.165) is 25.8 Å². The lowest BCUT2D eigenvalue weighted by Gasteiger charge is -2.21. The third-order valence-corrected chi connectivity index (χ3v) is 3.54. The lowest BCUT2D eigenvalue weighted by molar-refractivity contribution is 0.401. The van der Waals surface area contributed by atoms with E-state index >= 15 is 0 Å². The summed E-state index contributed by atoms with van der Waals surface area (Å²) < 4.78 is 25.0. The van der Waals surface area contributed by atoms with Crippen molar-refractivity contribution in [1.29, 1.82) is 0 Å². The first-order chi connectivity index (χ1) is 6.88. The Morgan fingerprint density at radius 1 is 1.33 bits per heavy atom. The predicted molar refractivity (Wildman–Crippen MR) is 62.2 cm³/mol. The van der Waals surface area contributed by atoms with Gasteiger partial charge in [0.15, 0.2) is 0 Å². The van der Waals surface area contributed by atoms with Crippen molar-refractivity contribution < 1.29 is 8.42 Å². The Bertz CT molecular complexity index is 288. The van der Waals surface area contributed by atoms with Crippen LogP contribution in [-0.4, -0.2) is 33.3 Å². The number of hydrogen-bond donors (Lipinski definition) is 2. The molecule has 4 nitrogen and oxygen atoms in total. The molecule has 2 unspecified atom stereocenters. The monoisotopic (exact) mass is 234 g/mol. The van der Waals surface area contributed by atoms with Crippen molar-refractivity contribution in [2.24, 2.45) is 5.92 Å². The lowest BCUT2D eigenvalue weighted by Crippen LogP contribution is -2.41. The van der Waals surface area contributed by atoms with Gasteiger partial charge in [-0.05, 0) is 25.3 Å². The van der Waals surface area contributed by atoms with Crippen molar-refractivity contribution in [3.63, 3.8) is 0 Å². The SMILES string of the molecule is CC(C)NCC1CCCC1NS(C)(=O)=O. The van der Waals surface area contributed by atoms with Gasteiger partial charge in [0.25, 0.3) is 0 Å². The summed E-state index contributed by atoms with van der Waals surface area (Å²) in [6.45, 7) is 5.12. The van der Waals surface area contributed by atoms with Crippen LogP contribution in [0, 0.1) is 5.92 Å². The molecule has 0 aliphatic heterocycles. The summed E-state index contributed by atoms with van der Waals surface area (Å²) in [5.41, 5.74) is 0. The molecule has 0 aromatic heterocycles. The van der Waals surface area contributed by atoms with Gasteiger partial charge in [0.05, 0.1) is 6.26 Å². The number of rotatable bonds is 5. The molecule has 2 atom stereocenters. The van der Waals surface area contributed by atoms with Crippen LogP contribution in [0.3, 0.4) is 0 Å². The Morgan fingerprint density at radius 3 is 2.53 bits per heavy atom. The molecule has 0 heterocycles. The molecular weight excluding hydrogens is 212 g/mol. The topological polar surface area (TPSA) is 58.2 Å². The van der Waals surface area contributed by atoms with Crippen molar-refractivity contribution in [2.45, 2.75) is 45.2 Å². The molecule has 0 amide bonds. The van der Waals surface area contributed by atoms with E-state index in [9.17, 15) is 8.42 Å². The first kappa shape index (κ1) is 12.9. The Hall–Kier alpha value is -0.130. The first-order valence-electron chi connectivity index (χ1n) is 5.59. The van der Waals surface area contributed by atoms with Crippen LogP contribution in [0.5, 0.6) is 0 Å². The fourth-order valence-corrected chi connectivity index (χ4v) is 2.96. The van der Waals surface area contributed by atoms with Gasteiger partial charge in [0.2, 0.25) is 10.0 Å². The van der Waals surface area contributed by atoms with Gasteiger partial charge < -0.3 is 5.32 Å². The molecule has 0 saturated heterocycles. The van der Waals surface area contributed by atoms with Crippen LogP contribution in [0.1, 0.15) is 33.1 Å². The highest BCUT2D eigenvalue weighted by Crippen LogP contribution is 2.25. The fraction of sp³-hybridized carbons (Fsp3) is 1.00. The zero-order valence-corrected chi connectivity index (χ0v) is 10.6. The quantitative estimate of drug-likeness (QED) is 0.736. The molecule has 15 heavy (non-hydrogen) atoms. The maximum atomic E-state index is 11.1. The van der Waals surface area contributed by atoms with E-state index in [1.165, 1.54) is 6.26 Å². The molecule has 1 rings (SSSR count). The van der Waals surface area contributed by atoms with Crippen LogP contribution in [0.2, 0.25) is 0 Å². The molecule has 0 aromatic rings. The summed E-state index contributed by atoms with van der Waals surface area (Å²) in [5, 5.41) is 3.37. The van der Waals surface area contributed by atoms with Gasteiger partial charge in [0, 0.05) is 12.1 Å². The van der Waals surface area contributed by atoms with Gasteiger partial charge >= 0.3 is 0 Å². The third-order valence-electron chi connectivity index (χ3n) is 2.81. The van der Waals surface area contributed by atoms with Crippen molar-refractivity contribution in [3.05, 3.63) is 0 Å². The minimum absolute atomic E-state index is 0.131. The molecule has 1 fully saturated rings. The van der Waals surface area contributed by atoms with Crippen LogP contribution in [0.15, 0.2) is 0 Å². The van der Waals surface area contributed by atoms with E-state index in [-0.39, 0.29) is 6.04 Å². The van der Waals surface area contributed by atoms with Gasteiger partial charge in [-0.1, -0.05) is 20.3 Å². The normalized spacial score (nSPS) is 27.5. The molecule has 1 aliphatic carbocycles. The molecule has 0 aromatic carbocycles. The second-order valence-electron chi connectivity index (χ2n) is 4.75. The van der Waals surface area contributed by atoms with Crippen LogP contribution in [-0.2, 0) is 10.0 Å². The Labute approximate surface area is 92.9 Å². The predicted octanol–water partition coefficient (Wildman–Crippen LogP) is 0.702.